The second-order valence-corrected chi connectivity index (χ2v) is 8.35. The van der Waals surface area contributed by atoms with Gasteiger partial charge in [-0.3, -0.25) is 0 Å². The maximum Gasteiger partial charge on any atom is 0.0587 e. The van der Waals surface area contributed by atoms with Gasteiger partial charge in [-0.05, 0) is 55.3 Å². The van der Waals surface area contributed by atoms with E-state index in [4.69, 9.17) is 16.9 Å². The number of hydrogen-bond donors (Lipinski definition) is 0. The first-order chi connectivity index (χ1) is 14.1. The van der Waals surface area contributed by atoms with Gasteiger partial charge in [-0.15, -0.1) is 11.6 Å². The van der Waals surface area contributed by atoms with Crippen molar-refractivity contribution in [1.82, 2.24) is 4.90 Å². The number of likely N-dealkylation sites (N-methyl/N-ethyl adjacent to an activating group) is 1. The van der Waals surface area contributed by atoms with Gasteiger partial charge >= 0.3 is 0 Å². The number of halogens is 1. The van der Waals surface area contributed by atoms with Crippen molar-refractivity contribution in [3.8, 4) is 6.07 Å². The van der Waals surface area contributed by atoms with Gasteiger partial charge in [0.1, 0.15) is 0 Å². The molecule has 1 fully saturated rings. The molecule has 0 radical (unpaired) electrons. The van der Waals surface area contributed by atoms with E-state index in [1.807, 2.05) is 0 Å². The molecule has 1 aliphatic rings. The zero-order valence-corrected chi connectivity index (χ0v) is 18.9. The summed E-state index contributed by atoms with van der Waals surface area (Å²) in [5, 5.41) is 7.69. The summed E-state index contributed by atoms with van der Waals surface area (Å²) in [6.45, 7) is 8.33. The lowest BCUT2D eigenvalue weighted by Crippen LogP contribution is -2.36. The molecule has 0 aliphatic heterocycles. The summed E-state index contributed by atoms with van der Waals surface area (Å²) < 4.78 is 0. The molecule has 0 aromatic heterocycles. The van der Waals surface area contributed by atoms with Gasteiger partial charge in [-0.25, -0.2) is 0 Å². The van der Waals surface area contributed by atoms with Gasteiger partial charge in [-0.2, -0.15) is 5.26 Å². The summed E-state index contributed by atoms with van der Waals surface area (Å²) in [6.07, 6.45) is 5.90. The van der Waals surface area contributed by atoms with E-state index in [0.29, 0.717) is 17.3 Å². The Bertz CT molecular complexity index is 736. The molecule has 0 saturated heterocycles. The third kappa shape index (κ3) is 7.84. The number of benzene rings is 2. The fraction of sp³-hybridized carbons (Fsp3) is 0.500. The van der Waals surface area contributed by atoms with Crippen LogP contribution >= 0.6 is 11.6 Å². The number of nitriles is 1. The third-order valence-electron chi connectivity index (χ3n) is 5.81. The largest absolute Gasteiger partial charge is 0.300 e. The summed E-state index contributed by atoms with van der Waals surface area (Å²) in [6, 6.07) is 22.5. The molecule has 0 spiro atoms. The smallest absolute Gasteiger partial charge is 0.0587 e. The fourth-order valence-corrected chi connectivity index (χ4v) is 4.27. The molecule has 29 heavy (non-hydrogen) atoms. The lowest BCUT2D eigenvalue weighted by atomic mass is 10.00. The normalized spacial score (nSPS) is 18.5. The third-order valence-corrected chi connectivity index (χ3v) is 6.29. The molecular weight excluding hydrogens is 376 g/mol. The van der Waals surface area contributed by atoms with Gasteiger partial charge in [0, 0.05) is 30.8 Å². The van der Waals surface area contributed by atoms with E-state index in [1.54, 1.807) is 6.07 Å². The molecule has 0 heterocycles. The molecule has 0 amide bonds. The molecule has 3 heteroatoms. The predicted molar refractivity (Wildman–Crippen MR) is 125 cm³/mol. The molecule has 1 saturated carbocycles. The van der Waals surface area contributed by atoms with Crippen LogP contribution in [-0.4, -0.2) is 29.4 Å². The number of aryl methyl sites for hydroxylation is 1. The Morgan fingerprint density at radius 1 is 1.03 bits per heavy atom. The first-order valence-corrected chi connectivity index (χ1v) is 11.4. The van der Waals surface area contributed by atoms with Crippen molar-refractivity contribution >= 4 is 11.6 Å². The highest BCUT2D eigenvalue weighted by Crippen LogP contribution is 2.45. The zero-order chi connectivity index (χ0) is 21.1. The molecular formula is C26H35ClN2. The van der Waals surface area contributed by atoms with Crippen molar-refractivity contribution < 1.29 is 0 Å². The van der Waals surface area contributed by atoms with Crippen molar-refractivity contribution in [3.63, 3.8) is 0 Å². The summed E-state index contributed by atoms with van der Waals surface area (Å²) >= 11 is 6.17. The van der Waals surface area contributed by atoms with E-state index in [-0.39, 0.29) is 0 Å². The number of nitrogens with zero attached hydrogens (tertiary/aromatic N) is 2. The van der Waals surface area contributed by atoms with E-state index >= 15 is 0 Å². The van der Waals surface area contributed by atoms with Crippen LogP contribution in [0.3, 0.4) is 0 Å². The molecule has 3 rings (SSSR count). The Balaban J connectivity index is 0.000000941. The maximum absolute atomic E-state index is 7.32. The van der Waals surface area contributed by atoms with Gasteiger partial charge in [0.05, 0.1) is 6.07 Å². The summed E-state index contributed by atoms with van der Waals surface area (Å²) in [5.41, 5.74) is 4.31. The Morgan fingerprint density at radius 3 is 2.14 bits per heavy atom. The molecule has 0 bridgehead atoms. The van der Waals surface area contributed by atoms with Crippen LogP contribution in [-0.2, 0) is 12.8 Å². The van der Waals surface area contributed by atoms with Gasteiger partial charge in [-0.1, -0.05) is 68.4 Å². The van der Waals surface area contributed by atoms with Crippen molar-refractivity contribution in [3.05, 3.63) is 71.3 Å². The fourth-order valence-electron chi connectivity index (χ4n) is 3.93. The SMILES string of the molecule is CC#N.CCC(CCc1ccc(C2CC2Cl)cc1)N(CC)CCc1ccccc1. The van der Waals surface area contributed by atoms with Crippen LogP contribution in [0.25, 0.3) is 0 Å². The monoisotopic (exact) mass is 410 g/mol. The topological polar surface area (TPSA) is 27.0 Å². The quantitative estimate of drug-likeness (QED) is 0.413. The predicted octanol–water partition coefficient (Wildman–Crippen LogP) is 6.59. The molecule has 156 valence electrons. The number of hydrogen-bond acceptors (Lipinski definition) is 2. The van der Waals surface area contributed by atoms with E-state index in [2.05, 4.69) is 73.3 Å². The van der Waals surface area contributed by atoms with E-state index < -0.39 is 0 Å². The van der Waals surface area contributed by atoms with Crippen molar-refractivity contribution in [2.75, 3.05) is 13.1 Å². The van der Waals surface area contributed by atoms with E-state index in [9.17, 15) is 0 Å². The van der Waals surface area contributed by atoms with E-state index in [1.165, 1.54) is 36.5 Å². The lowest BCUT2D eigenvalue weighted by molar-refractivity contribution is 0.193. The highest BCUT2D eigenvalue weighted by molar-refractivity contribution is 6.23. The lowest BCUT2D eigenvalue weighted by Gasteiger charge is -2.30. The molecule has 3 unspecified atom stereocenters. The Morgan fingerprint density at radius 2 is 1.62 bits per heavy atom. The summed E-state index contributed by atoms with van der Waals surface area (Å²) in [5.74, 6) is 0.600. The van der Waals surface area contributed by atoms with Crippen LogP contribution in [0.15, 0.2) is 54.6 Å². The zero-order valence-electron chi connectivity index (χ0n) is 18.2. The Kier molecular flexibility index (Phi) is 10.3. The maximum atomic E-state index is 7.32. The van der Waals surface area contributed by atoms with Gasteiger partial charge < -0.3 is 4.90 Å². The summed E-state index contributed by atoms with van der Waals surface area (Å²) in [4.78, 5) is 2.66. The minimum absolute atomic E-state index is 0.369. The minimum atomic E-state index is 0.369. The first kappa shape index (κ1) is 23.5. The Labute approximate surface area is 182 Å². The number of rotatable bonds is 10. The molecule has 2 aromatic rings. The average Bonchev–Trinajstić information content (AvgIpc) is 3.48. The van der Waals surface area contributed by atoms with Gasteiger partial charge in [0.2, 0.25) is 0 Å². The second-order valence-electron chi connectivity index (χ2n) is 7.79. The number of alkyl halides is 1. The van der Waals surface area contributed by atoms with Gasteiger partial charge in [0.25, 0.3) is 0 Å². The van der Waals surface area contributed by atoms with Crippen molar-refractivity contribution in [2.45, 2.75) is 70.2 Å². The van der Waals surface area contributed by atoms with E-state index in [0.717, 1.165) is 32.4 Å². The van der Waals surface area contributed by atoms with Crippen molar-refractivity contribution in [1.29, 1.82) is 5.26 Å². The summed E-state index contributed by atoms with van der Waals surface area (Å²) in [7, 11) is 0. The highest BCUT2D eigenvalue weighted by atomic mass is 35.5. The van der Waals surface area contributed by atoms with Crippen LogP contribution < -0.4 is 0 Å². The molecule has 2 aromatic carbocycles. The standard InChI is InChI=1S/C24H32ClN.C2H3N/c1-3-22(26(4-2)17-16-19-8-6-5-7-9-19)15-12-20-10-13-21(14-11-20)23-18-24(23)25;1-2-3/h5-11,13-14,22-24H,3-4,12,15-18H2,1-2H3;1H3. The molecule has 3 atom stereocenters. The molecule has 0 N–H and O–H groups in total. The van der Waals surface area contributed by atoms with Crippen LogP contribution in [0.4, 0.5) is 0 Å². The highest BCUT2D eigenvalue weighted by Gasteiger charge is 2.36. The van der Waals surface area contributed by atoms with Crippen LogP contribution in [0.2, 0.25) is 0 Å². The van der Waals surface area contributed by atoms with Gasteiger partial charge in [0.15, 0.2) is 0 Å². The van der Waals surface area contributed by atoms with Crippen molar-refractivity contribution in [2.24, 2.45) is 0 Å². The second kappa shape index (κ2) is 12.7. The van der Waals surface area contributed by atoms with Crippen LogP contribution in [0.1, 0.15) is 62.6 Å². The molecule has 1 aliphatic carbocycles. The molecule has 2 nitrogen and oxygen atoms in total. The Hall–Kier alpha value is -1.82. The average molecular weight is 411 g/mol. The van der Waals surface area contributed by atoms with Crippen LogP contribution in [0, 0.1) is 11.3 Å². The van der Waals surface area contributed by atoms with Crippen LogP contribution in [0.5, 0.6) is 0 Å². The first-order valence-electron chi connectivity index (χ1n) is 10.9. The minimum Gasteiger partial charge on any atom is -0.300 e.